The van der Waals surface area contributed by atoms with Crippen molar-refractivity contribution in [1.29, 1.82) is 5.26 Å². The summed E-state index contributed by atoms with van der Waals surface area (Å²) in [6.45, 7) is 17.7. The number of hydrogen-bond donors (Lipinski definition) is 3. The topological polar surface area (TPSA) is 264 Å². The molecule has 9 aromatic rings. The Morgan fingerprint density at radius 1 is 0.653 bits per heavy atom. The van der Waals surface area contributed by atoms with E-state index in [2.05, 4.69) is 41.1 Å². The molecule has 0 aliphatic heterocycles. The third-order valence-corrected chi connectivity index (χ3v) is 13.9. The summed E-state index contributed by atoms with van der Waals surface area (Å²) in [7, 11) is 5.19. The lowest BCUT2D eigenvalue weighted by atomic mass is 10.0. The van der Waals surface area contributed by atoms with Gasteiger partial charge in [-0.1, -0.05) is 78.1 Å². The van der Waals surface area contributed by atoms with Gasteiger partial charge in [0.2, 0.25) is 0 Å². The van der Waals surface area contributed by atoms with E-state index in [1.807, 2.05) is 96.3 Å². The predicted octanol–water partition coefficient (Wildman–Crippen LogP) is 16.8. The van der Waals surface area contributed by atoms with Gasteiger partial charge in [0.05, 0.1) is 42.0 Å². The maximum atomic E-state index is 13.1. The van der Waals surface area contributed by atoms with Crippen LogP contribution in [-0.2, 0) is 37.8 Å². The number of ether oxygens (including phenoxy) is 3. The zero-order valence-electron chi connectivity index (χ0n) is 57.4. The molecular formula is C67H83F9IN13O8. The number of hydrogen-bond acceptors (Lipinski definition) is 17. The van der Waals surface area contributed by atoms with Gasteiger partial charge in [0, 0.05) is 76.0 Å². The molecule has 0 atom stereocenters. The lowest BCUT2D eigenvalue weighted by molar-refractivity contribution is -0.142. The number of carbonyl (C=O) groups excluding carboxylic acids is 2. The number of nitrogens with zero attached hydrogens (tertiary/aromatic N) is 10. The van der Waals surface area contributed by atoms with Gasteiger partial charge in [0.1, 0.15) is 35.2 Å². The minimum atomic E-state index is -4.59. The molecule has 0 radical (unpaired) electrons. The van der Waals surface area contributed by atoms with Crippen molar-refractivity contribution in [3.8, 4) is 23.3 Å². The van der Waals surface area contributed by atoms with Gasteiger partial charge in [0.25, 0.3) is 0 Å². The summed E-state index contributed by atoms with van der Waals surface area (Å²) in [6.07, 6.45) is -3.56. The van der Waals surface area contributed by atoms with Crippen molar-refractivity contribution in [3.63, 3.8) is 0 Å². The molecule has 31 heteroatoms. The Morgan fingerprint density at radius 3 is 1.39 bits per heavy atom. The van der Waals surface area contributed by atoms with Crippen LogP contribution in [0.4, 0.5) is 60.7 Å². The van der Waals surface area contributed by atoms with Crippen LogP contribution >= 0.6 is 22.6 Å². The van der Waals surface area contributed by atoms with E-state index in [1.54, 1.807) is 38.5 Å². The van der Waals surface area contributed by atoms with Gasteiger partial charge < -0.3 is 48.6 Å². The smallest absolute Gasteiger partial charge is 0.437 e. The first-order valence-electron chi connectivity index (χ1n) is 31.7. The molecule has 3 aromatic carbocycles. The van der Waals surface area contributed by atoms with E-state index < -0.39 is 35.6 Å². The number of aromatic nitrogens is 7. The summed E-state index contributed by atoms with van der Waals surface area (Å²) < 4.78 is 157. The van der Waals surface area contributed by atoms with Crippen molar-refractivity contribution in [1.82, 2.24) is 50.1 Å². The quantitative estimate of drug-likeness (QED) is 0.0246. The average molecular weight is 1500 g/mol. The molecule has 0 saturated heterocycles. The molecule has 0 fully saturated rings. The third-order valence-electron chi connectivity index (χ3n) is 13.9. The van der Waals surface area contributed by atoms with Gasteiger partial charge >= 0.3 is 30.6 Å². The zero-order chi connectivity index (χ0) is 73.6. The van der Waals surface area contributed by atoms with Crippen LogP contribution in [0, 0.1) is 39.0 Å². The SMILES string of the molecule is CC#N.CCCc1c(OCCCN(C)C(=O)Nc2cc(C)cc(C)n2)ccc2c(C(F)(F)F)noc12.CCCc1c(OCCCN(C)C(=O)n2ccnc2)ccc2c(C(F)(F)F)noc12.CCCc1c(OCCCNC)ccc2c(C(F)(F)F)noc12.Cc1cc(C)nc(N)c1.[2H]CI. The first kappa shape index (κ1) is 79.8. The minimum absolute atomic E-state index is 0.0153. The first-order valence-corrected chi connectivity index (χ1v) is 32.5. The molecule has 0 aliphatic rings. The number of pyridine rings is 2. The van der Waals surface area contributed by atoms with Gasteiger partial charge in [0.15, 0.2) is 33.8 Å². The second-order valence-electron chi connectivity index (χ2n) is 21.9. The van der Waals surface area contributed by atoms with Crippen LogP contribution in [0.15, 0.2) is 93.0 Å². The van der Waals surface area contributed by atoms with Crippen molar-refractivity contribution in [2.45, 2.75) is 132 Å². The molecule has 3 amide bonds. The highest BCUT2D eigenvalue weighted by Gasteiger charge is 2.40. The number of aryl methyl sites for hydroxylation is 7. The van der Waals surface area contributed by atoms with Crippen LogP contribution in [0.1, 0.15) is 124 Å². The van der Waals surface area contributed by atoms with Gasteiger partial charge in [-0.25, -0.2) is 24.5 Å². The fourth-order valence-corrected chi connectivity index (χ4v) is 9.75. The largest absolute Gasteiger partial charge is 0.493 e. The van der Waals surface area contributed by atoms with Gasteiger partial charge in [-0.2, -0.15) is 44.8 Å². The van der Waals surface area contributed by atoms with Crippen LogP contribution < -0.4 is 30.6 Å². The number of amides is 3. The van der Waals surface area contributed by atoms with E-state index in [-0.39, 0.29) is 51.6 Å². The molecule has 4 N–H and O–H groups in total. The van der Waals surface area contributed by atoms with Gasteiger partial charge in [-0.3, -0.25) is 9.88 Å². The molecule has 9 rings (SSSR count). The molecule has 6 heterocycles. The molecule has 0 saturated carbocycles. The zero-order valence-corrected chi connectivity index (χ0v) is 58.6. The molecule has 21 nitrogen and oxygen atoms in total. The van der Waals surface area contributed by atoms with Crippen molar-refractivity contribution in [3.05, 3.63) is 136 Å². The number of halogens is 10. The van der Waals surface area contributed by atoms with E-state index in [1.165, 1.54) is 69.7 Å². The monoisotopic (exact) mass is 1500 g/mol. The minimum Gasteiger partial charge on any atom is -0.493 e. The van der Waals surface area contributed by atoms with Crippen LogP contribution in [0.2, 0.25) is 0 Å². The van der Waals surface area contributed by atoms with Crippen molar-refractivity contribution < 1.29 is 78.3 Å². The van der Waals surface area contributed by atoms with Crippen LogP contribution in [0.25, 0.3) is 32.9 Å². The summed E-state index contributed by atoms with van der Waals surface area (Å²) in [5, 5.41) is 22.6. The number of anilines is 2. The van der Waals surface area contributed by atoms with E-state index in [9.17, 15) is 49.1 Å². The van der Waals surface area contributed by atoms with Gasteiger partial charge in [-0.05, 0) is 157 Å². The number of urea groups is 1. The maximum Gasteiger partial charge on any atom is 0.437 e. The lowest BCUT2D eigenvalue weighted by Gasteiger charge is -2.18. The fourth-order valence-electron chi connectivity index (χ4n) is 9.75. The van der Waals surface area contributed by atoms with E-state index >= 15 is 0 Å². The number of nitrogens with one attached hydrogen (secondary N) is 2. The number of nitriles is 1. The van der Waals surface area contributed by atoms with Gasteiger partial charge in [-0.15, -0.1) is 0 Å². The Labute approximate surface area is 577 Å². The standard InChI is InChI=1S/C23H27F3N4O3.C19H21F3N4O3.C15H19F3N2O2.C7H10N2.C2H3N.CH3I/c1-5-7-16-18(9-8-17-20(16)33-29-21(17)23(24,25)26)32-11-6-10-30(4)22(31)28-19-13-14(2)12-15(3)27-19;1-3-5-13-15(7-6-14-16(13)29-24-17(14)19(20,21)22)28-11-4-9-25(2)18(27)26-10-8-23-12-26;1-3-5-10-12(21-9-4-8-19-2)7-6-11-13(10)22-20-14(11)15(16,17)18;1-5-3-6(2)9-7(8)4-5;1-2-3;1-2/h8-9,12-13H,5-7,10-11H2,1-4H3,(H,27,28,31);6-8,10,12H,3-5,9,11H2,1-2H3;6-7,19H,3-5,8-9H2,1-2H3;3-4H,1-2H3,(H2,8,9);1H3;1H3/i;;;;;1D. The second kappa shape index (κ2) is 39.5. The predicted molar refractivity (Wildman–Crippen MR) is 364 cm³/mol. The summed E-state index contributed by atoms with van der Waals surface area (Å²) in [4.78, 5) is 40.2. The summed E-state index contributed by atoms with van der Waals surface area (Å²) in [6, 6.07) is 17.4. The molecule has 0 bridgehead atoms. The Morgan fingerprint density at radius 2 is 1.04 bits per heavy atom. The Kier molecular flexibility index (Phi) is 32.1. The number of rotatable bonds is 22. The number of alkyl halides is 10. The first-order chi connectivity index (χ1) is 46.9. The Bertz CT molecular complexity index is 3940. The molecule has 0 aliphatic carbocycles. The summed E-state index contributed by atoms with van der Waals surface area (Å²) >= 11 is 1.96. The Hall–Kier alpha value is -8.93. The maximum absolute atomic E-state index is 13.1. The van der Waals surface area contributed by atoms with Crippen molar-refractivity contribution in [2.75, 3.05) is 76.6 Å². The van der Waals surface area contributed by atoms with Crippen molar-refractivity contribution >= 4 is 79.2 Å². The number of imidazole rings is 1. The Balaban J connectivity index is 0.000000288. The van der Waals surface area contributed by atoms with E-state index in [0.717, 1.165) is 36.3 Å². The highest BCUT2D eigenvalue weighted by Crippen LogP contribution is 2.41. The normalized spacial score (nSPS) is 11.2. The number of carbonyl (C=O) groups is 2. The second-order valence-corrected chi connectivity index (χ2v) is 21.9. The highest BCUT2D eigenvalue weighted by molar-refractivity contribution is 14.1. The molecule has 0 spiro atoms. The number of fused-ring (bicyclic) bond motifs is 3. The number of nitrogens with two attached hydrogens (primary N) is 1. The molecule has 6 aromatic heterocycles. The summed E-state index contributed by atoms with van der Waals surface area (Å²) in [5.74, 6) is 2.58. The van der Waals surface area contributed by atoms with Crippen LogP contribution in [0.5, 0.6) is 17.2 Å². The molecular weight excluding hydrogens is 1410 g/mol. The summed E-state index contributed by atoms with van der Waals surface area (Å²) in [5.41, 5.74) is 8.50. The fraction of sp³-hybridized carbons (Fsp3) is 0.448. The van der Waals surface area contributed by atoms with Crippen molar-refractivity contribution in [2.24, 2.45) is 0 Å². The number of benzene rings is 3. The highest BCUT2D eigenvalue weighted by atomic mass is 127. The van der Waals surface area contributed by atoms with Crippen LogP contribution in [-0.4, -0.2) is 122 Å². The number of nitrogen functional groups attached to an aromatic ring is 1. The molecule has 0 unspecified atom stereocenters. The molecule has 534 valence electrons. The van der Waals surface area contributed by atoms with E-state index in [0.29, 0.717) is 122 Å². The lowest BCUT2D eigenvalue weighted by Crippen LogP contribution is -2.33. The van der Waals surface area contributed by atoms with Crippen LogP contribution in [0.3, 0.4) is 0 Å². The third kappa shape index (κ3) is 24.3. The van der Waals surface area contributed by atoms with E-state index in [4.69, 9.17) is 40.1 Å². The average Bonchev–Trinajstić information content (AvgIpc) is 1.69. The molecule has 98 heavy (non-hydrogen) atoms.